The SMILES string of the molecule is CC/C=C/CCc1ccc(C(=O)OF)cc1. The number of benzene rings is 1. The Labute approximate surface area is 94.6 Å². The molecule has 0 atom stereocenters. The van der Waals surface area contributed by atoms with Crippen LogP contribution in [0.1, 0.15) is 35.7 Å². The highest BCUT2D eigenvalue weighted by molar-refractivity contribution is 5.88. The minimum absolute atomic E-state index is 0.232. The Morgan fingerprint density at radius 2 is 2.00 bits per heavy atom. The summed E-state index contributed by atoms with van der Waals surface area (Å²) in [6, 6.07) is 6.76. The van der Waals surface area contributed by atoms with Crippen LogP contribution in [0.3, 0.4) is 0 Å². The summed E-state index contributed by atoms with van der Waals surface area (Å²) in [5.41, 5.74) is 1.35. The fraction of sp³-hybridized carbons (Fsp3) is 0.308. The molecule has 86 valence electrons. The second-order valence-corrected chi connectivity index (χ2v) is 3.48. The Hall–Kier alpha value is -1.64. The molecule has 0 fully saturated rings. The van der Waals surface area contributed by atoms with Gasteiger partial charge in [0.05, 0.1) is 5.56 Å². The van der Waals surface area contributed by atoms with Gasteiger partial charge in [-0.05, 0) is 37.0 Å². The Morgan fingerprint density at radius 3 is 2.56 bits per heavy atom. The van der Waals surface area contributed by atoms with Gasteiger partial charge in [-0.2, -0.15) is 0 Å². The lowest BCUT2D eigenvalue weighted by Gasteiger charge is -1.99. The smallest absolute Gasteiger partial charge is 0.249 e. The molecule has 0 radical (unpaired) electrons. The molecule has 0 aromatic heterocycles. The predicted octanol–water partition coefficient (Wildman–Crippen LogP) is 3.63. The highest BCUT2D eigenvalue weighted by Gasteiger charge is 2.06. The quantitative estimate of drug-likeness (QED) is 0.711. The second-order valence-electron chi connectivity index (χ2n) is 3.48. The predicted molar refractivity (Wildman–Crippen MR) is 60.7 cm³/mol. The number of carbonyl (C=O) groups is 1. The molecule has 1 aromatic carbocycles. The maximum absolute atomic E-state index is 11.6. The first-order valence-electron chi connectivity index (χ1n) is 5.34. The van der Waals surface area contributed by atoms with Crippen molar-refractivity contribution in [3.8, 4) is 0 Å². The maximum atomic E-state index is 11.6. The summed E-state index contributed by atoms with van der Waals surface area (Å²) < 4.78 is 11.6. The lowest BCUT2D eigenvalue weighted by Crippen LogP contribution is -1.98. The summed E-state index contributed by atoms with van der Waals surface area (Å²) in [6.07, 6.45) is 7.18. The molecule has 1 rings (SSSR count). The molecular weight excluding hydrogens is 207 g/mol. The van der Waals surface area contributed by atoms with Crippen LogP contribution in [0.15, 0.2) is 36.4 Å². The number of halogens is 1. The Bertz CT molecular complexity index is 355. The van der Waals surface area contributed by atoms with Crippen LogP contribution in [-0.2, 0) is 11.4 Å². The number of aryl methyl sites for hydroxylation is 1. The van der Waals surface area contributed by atoms with Gasteiger partial charge in [-0.15, -0.1) is 0 Å². The van der Waals surface area contributed by atoms with Gasteiger partial charge in [0.2, 0.25) is 0 Å². The number of hydrogen-bond acceptors (Lipinski definition) is 2. The third-order valence-electron chi connectivity index (χ3n) is 2.26. The van der Waals surface area contributed by atoms with E-state index >= 15 is 0 Å². The van der Waals surface area contributed by atoms with Crippen LogP contribution in [0.4, 0.5) is 4.53 Å². The van der Waals surface area contributed by atoms with Crippen LogP contribution >= 0.6 is 0 Å². The molecule has 16 heavy (non-hydrogen) atoms. The van der Waals surface area contributed by atoms with Crippen LogP contribution in [0, 0.1) is 0 Å². The van der Waals surface area contributed by atoms with Crippen LogP contribution in [-0.4, -0.2) is 5.97 Å². The molecule has 0 saturated heterocycles. The van der Waals surface area contributed by atoms with E-state index in [0.717, 1.165) is 24.8 Å². The molecule has 3 heteroatoms. The van der Waals surface area contributed by atoms with Gasteiger partial charge in [-0.25, -0.2) is 9.74 Å². The zero-order valence-corrected chi connectivity index (χ0v) is 9.28. The Morgan fingerprint density at radius 1 is 1.31 bits per heavy atom. The van der Waals surface area contributed by atoms with E-state index in [0.29, 0.717) is 0 Å². The Kier molecular flexibility index (Phi) is 5.26. The van der Waals surface area contributed by atoms with Crippen molar-refractivity contribution < 1.29 is 14.3 Å². The number of hydrogen-bond donors (Lipinski definition) is 0. The fourth-order valence-corrected chi connectivity index (χ4v) is 1.39. The minimum atomic E-state index is -0.947. The second kappa shape index (κ2) is 6.77. The molecule has 0 unspecified atom stereocenters. The van der Waals surface area contributed by atoms with Crippen molar-refractivity contribution in [3.05, 3.63) is 47.5 Å². The summed E-state index contributed by atoms with van der Waals surface area (Å²) in [4.78, 5) is 14.0. The van der Waals surface area contributed by atoms with E-state index < -0.39 is 5.97 Å². The van der Waals surface area contributed by atoms with Crippen molar-refractivity contribution in [1.82, 2.24) is 0 Å². The van der Waals surface area contributed by atoms with E-state index in [9.17, 15) is 9.32 Å². The zero-order valence-electron chi connectivity index (χ0n) is 9.28. The van der Waals surface area contributed by atoms with E-state index in [2.05, 4.69) is 24.0 Å². The molecule has 0 aliphatic carbocycles. The monoisotopic (exact) mass is 222 g/mol. The normalized spacial score (nSPS) is 10.6. The Balaban J connectivity index is 2.51. The first kappa shape index (κ1) is 12.4. The standard InChI is InChI=1S/C13H15FO2/c1-2-3-4-5-6-11-7-9-12(10-8-11)13(15)16-14/h3-4,7-10H,2,5-6H2,1H3/b4-3+. The highest BCUT2D eigenvalue weighted by Crippen LogP contribution is 2.08. The third-order valence-corrected chi connectivity index (χ3v) is 2.26. The number of allylic oxidation sites excluding steroid dienone is 2. The van der Waals surface area contributed by atoms with E-state index in [1.807, 2.05) is 12.1 Å². The molecular formula is C13H15FO2. The molecule has 0 amide bonds. The van der Waals surface area contributed by atoms with Gasteiger partial charge in [0.1, 0.15) is 0 Å². The first-order chi connectivity index (χ1) is 7.77. The summed E-state index contributed by atoms with van der Waals surface area (Å²) in [6.45, 7) is 2.09. The third kappa shape index (κ3) is 3.85. The molecule has 0 bridgehead atoms. The molecule has 0 saturated carbocycles. The van der Waals surface area contributed by atoms with Gasteiger partial charge in [-0.3, -0.25) is 0 Å². The van der Waals surface area contributed by atoms with E-state index in [4.69, 9.17) is 0 Å². The van der Waals surface area contributed by atoms with Crippen molar-refractivity contribution in [1.29, 1.82) is 0 Å². The van der Waals surface area contributed by atoms with Crippen molar-refractivity contribution in [2.24, 2.45) is 0 Å². The molecule has 0 spiro atoms. The summed E-state index contributed by atoms with van der Waals surface area (Å²) in [5.74, 6) is -0.947. The fourth-order valence-electron chi connectivity index (χ4n) is 1.39. The van der Waals surface area contributed by atoms with Crippen LogP contribution in [0.5, 0.6) is 0 Å². The first-order valence-corrected chi connectivity index (χ1v) is 5.34. The number of carbonyl (C=O) groups excluding carboxylic acids is 1. The lowest BCUT2D eigenvalue weighted by atomic mass is 10.1. The zero-order chi connectivity index (χ0) is 11.8. The average Bonchev–Trinajstić information content (AvgIpc) is 2.34. The van der Waals surface area contributed by atoms with Gasteiger partial charge < -0.3 is 0 Å². The lowest BCUT2D eigenvalue weighted by molar-refractivity contribution is -0.0788. The van der Waals surface area contributed by atoms with Crippen molar-refractivity contribution in [3.63, 3.8) is 0 Å². The summed E-state index contributed by atoms with van der Waals surface area (Å²) in [7, 11) is 0. The average molecular weight is 222 g/mol. The summed E-state index contributed by atoms with van der Waals surface area (Å²) in [5, 5.41) is 0. The largest absolute Gasteiger partial charge is 0.379 e. The van der Waals surface area contributed by atoms with E-state index in [1.54, 1.807) is 12.1 Å². The molecule has 0 aliphatic heterocycles. The molecule has 0 aliphatic rings. The van der Waals surface area contributed by atoms with Gasteiger partial charge in [0.15, 0.2) is 0 Å². The van der Waals surface area contributed by atoms with Crippen LogP contribution in [0.2, 0.25) is 0 Å². The van der Waals surface area contributed by atoms with Crippen molar-refractivity contribution >= 4 is 5.97 Å². The van der Waals surface area contributed by atoms with Gasteiger partial charge in [-0.1, -0.05) is 31.2 Å². The molecule has 0 heterocycles. The topological polar surface area (TPSA) is 26.3 Å². The van der Waals surface area contributed by atoms with E-state index in [1.165, 1.54) is 0 Å². The van der Waals surface area contributed by atoms with Crippen molar-refractivity contribution in [2.75, 3.05) is 0 Å². The van der Waals surface area contributed by atoms with Crippen molar-refractivity contribution in [2.45, 2.75) is 26.2 Å². The minimum Gasteiger partial charge on any atom is -0.249 e. The highest BCUT2D eigenvalue weighted by atomic mass is 19.3. The van der Waals surface area contributed by atoms with Gasteiger partial charge >= 0.3 is 5.97 Å². The number of rotatable bonds is 5. The van der Waals surface area contributed by atoms with Gasteiger partial charge in [0.25, 0.3) is 0 Å². The van der Waals surface area contributed by atoms with E-state index in [-0.39, 0.29) is 5.56 Å². The maximum Gasteiger partial charge on any atom is 0.379 e. The van der Waals surface area contributed by atoms with Crippen LogP contribution < -0.4 is 0 Å². The molecule has 0 N–H and O–H groups in total. The molecule has 2 nitrogen and oxygen atoms in total. The summed E-state index contributed by atoms with van der Waals surface area (Å²) >= 11 is 0. The molecule has 1 aromatic rings. The van der Waals surface area contributed by atoms with Gasteiger partial charge in [0, 0.05) is 4.53 Å². The van der Waals surface area contributed by atoms with Crippen LogP contribution in [0.25, 0.3) is 0 Å².